The lowest BCUT2D eigenvalue weighted by Gasteiger charge is -2.19. The molecule has 0 bridgehead atoms. The third-order valence-electron chi connectivity index (χ3n) is 3.80. The summed E-state index contributed by atoms with van der Waals surface area (Å²) in [5.41, 5.74) is 1.49. The second-order valence-electron chi connectivity index (χ2n) is 5.84. The molecule has 0 saturated carbocycles. The zero-order valence-corrected chi connectivity index (χ0v) is 17.4. The molecule has 0 spiro atoms. The molecule has 2 aromatic carbocycles. The number of ether oxygens (including phenoxy) is 1. The average molecular weight is 455 g/mol. The number of urea groups is 1. The molecule has 0 aliphatic rings. The van der Waals surface area contributed by atoms with Crippen molar-refractivity contribution in [2.45, 2.75) is 13.0 Å². The first kappa shape index (κ1) is 21.1. The van der Waals surface area contributed by atoms with Crippen LogP contribution in [0.1, 0.15) is 12.0 Å². The summed E-state index contributed by atoms with van der Waals surface area (Å²) in [5, 5.41) is 5.96. The quantitative estimate of drug-likeness (QED) is 0.656. The molecule has 0 unspecified atom stereocenters. The van der Waals surface area contributed by atoms with Gasteiger partial charge in [0.1, 0.15) is 5.75 Å². The monoisotopic (exact) mass is 453 g/mol. The zero-order chi connectivity index (χ0) is 19.8. The third kappa shape index (κ3) is 6.77. The average Bonchev–Trinajstić information content (AvgIpc) is 2.63. The molecule has 0 aliphatic heterocycles. The number of nitrogens with zero attached hydrogens (tertiary/aromatic N) is 1. The second kappa shape index (κ2) is 10.2. The number of amides is 3. The fourth-order valence-electron chi connectivity index (χ4n) is 2.40. The van der Waals surface area contributed by atoms with Crippen molar-refractivity contribution in [3.63, 3.8) is 0 Å². The Morgan fingerprint density at radius 3 is 2.56 bits per heavy atom. The van der Waals surface area contributed by atoms with Crippen molar-refractivity contribution in [2.75, 3.05) is 26.0 Å². The fraction of sp³-hybridized carbons (Fsp3) is 0.263. The van der Waals surface area contributed by atoms with Gasteiger partial charge in [0.2, 0.25) is 5.91 Å². The highest BCUT2D eigenvalue weighted by Crippen LogP contribution is 2.23. The van der Waals surface area contributed by atoms with Crippen LogP contribution >= 0.6 is 27.5 Å². The summed E-state index contributed by atoms with van der Waals surface area (Å²) in [5.74, 6) is 0.576. The van der Waals surface area contributed by atoms with Gasteiger partial charge in [-0.1, -0.05) is 27.5 Å². The van der Waals surface area contributed by atoms with Gasteiger partial charge < -0.3 is 20.3 Å². The number of benzene rings is 2. The molecule has 0 aromatic heterocycles. The number of nitrogens with one attached hydrogen (secondary N) is 2. The molecule has 2 aromatic rings. The van der Waals surface area contributed by atoms with Crippen molar-refractivity contribution in [2.24, 2.45) is 0 Å². The van der Waals surface area contributed by atoms with Crippen molar-refractivity contribution >= 4 is 45.2 Å². The summed E-state index contributed by atoms with van der Waals surface area (Å²) in [6.07, 6.45) is 0.188. The minimum Gasteiger partial charge on any atom is -0.496 e. The normalized spacial score (nSPS) is 10.2. The summed E-state index contributed by atoms with van der Waals surface area (Å²) in [7, 11) is 3.27. The van der Waals surface area contributed by atoms with Crippen LogP contribution in [0.15, 0.2) is 46.9 Å². The number of rotatable bonds is 7. The van der Waals surface area contributed by atoms with Gasteiger partial charge >= 0.3 is 6.03 Å². The first-order valence-corrected chi connectivity index (χ1v) is 9.43. The largest absolute Gasteiger partial charge is 0.496 e. The molecular formula is C19H21BrClN3O3. The molecule has 0 aliphatic carbocycles. The molecule has 0 heterocycles. The van der Waals surface area contributed by atoms with Crippen LogP contribution < -0.4 is 15.4 Å². The van der Waals surface area contributed by atoms with Gasteiger partial charge in [-0.25, -0.2) is 4.79 Å². The van der Waals surface area contributed by atoms with Gasteiger partial charge in [0, 0.05) is 47.3 Å². The van der Waals surface area contributed by atoms with E-state index in [4.69, 9.17) is 16.3 Å². The number of halogens is 2. The topological polar surface area (TPSA) is 70.7 Å². The molecule has 3 amide bonds. The van der Waals surface area contributed by atoms with Crippen molar-refractivity contribution < 1.29 is 14.3 Å². The van der Waals surface area contributed by atoms with E-state index in [1.165, 1.54) is 0 Å². The maximum absolute atomic E-state index is 12.3. The van der Waals surface area contributed by atoms with E-state index < -0.39 is 0 Å². The van der Waals surface area contributed by atoms with Crippen LogP contribution in [0, 0.1) is 0 Å². The molecule has 0 saturated heterocycles. The fourth-order valence-corrected chi connectivity index (χ4v) is 2.86. The van der Waals surface area contributed by atoms with Gasteiger partial charge in [-0.15, -0.1) is 0 Å². The Bertz CT molecular complexity index is 799. The number of carbonyl (C=O) groups is 2. The molecule has 8 heteroatoms. The van der Waals surface area contributed by atoms with Crippen molar-refractivity contribution in [1.82, 2.24) is 10.2 Å². The third-order valence-corrected chi connectivity index (χ3v) is 4.57. The van der Waals surface area contributed by atoms with Crippen molar-refractivity contribution in [3.05, 3.63) is 57.5 Å². The SMILES string of the molecule is COc1ccc(Cl)cc1CN(C)C(=O)CCNC(=O)Nc1ccc(Br)cc1. The lowest BCUT2D eigenvalue weighted by molar-refractivity contribution is -0.130. The van der Waals surface area contributed by atoms with Crippen LogP contribution in [0.3, 0.4) is 0 Å². The Hall–Kier alpha value is -2.25. The highest BCUT2D eigenvalue weighted by molar-refractivity contribution is 9.10. The molecule has 27 heavy (non-hydrogen) atoms. The zero-order valence-electron chi connectivity index (χ0n) is 15.1. The van der Waals surface area contributed by atoms with Crippen molar-refractivity contribution in [3.8, 4) is 5.75 Å². The van der Waals surface area contributed by atoms with Crippen LogP contribution in [-0.4, -0.2) is 37.5 Å². The van der Waals surface area contributed by atoms with Crippen LogP contribution in [0.2, 0.25) is 5.02 Å². The van der Waals surface area contributed by atoms with Gasteiger partial charge in [0.25, 0.3) is 0 Å². The predicted octanol–water partition coefficient (Wildman–Crippen LogP) is 4.28. The Kier molecular flexibility index (Phi) is 7.94. The Morgan fingerprint density at radius 1 is 1.19 bits per heavy atom. The minimum atomic E-state index is -0.357. The second-order valence-corrected chi connectivity index (χ2v) is 7.20. The summed E-state index contributed by atoms with van der Waals surface area (Å²) in [6.45, 7) is 0.603. The smallest absolute Gasteiger partial charge is 0.319 e. The molecule has 0 atom stereocenters. The van der Waals surface area contributed by atoms with E-state index in [0.717, 1.165) is 10.0 Å². The molecule has 0 radical (unpaired) electrons. The van der Waals surface area contributed by atoms with Crippen LogP contribution in [-0.2, 0) is 11.3 Å². The number of carbonyl (C=O) groups excluding carboxylic acids is 2. The first-order valence-electron chi connectivity index (χ1n) is 8.26. The number of methoxy groups -OCH3 is 1. The maximum Gasteiger partial charge on any atom is 0.319 e. The minimum absolute atomic E-state index is 0.0963. The Labute approximate surface area is 172 Å². The molecule has 6 nitrogen and oxygen atoms in total. The van der Waals surface area contributed by atoms with E-state index >= 15 is 0 Å². The summed E-state index contributed by atoms with van der Waals surface area (Å²) in [6, 6.07) is 12.1. The number of hydrogen-bond acceptors (Lipinski definition) is 3. The van der Waals surface area contributed by atoms with Crippen LogP contribution in [0.4, 0.5) is 10.5 Å². The summed E-state index contributed by atoms with van der Waals surface area (Å²) in [4.78, 5) is 25.7. The van der Waals surface area contributed by atoms with E-state index in [2.05, 4.69) is 26.6 Å². The molecule has 144 valence electrons. The maximum atomic E-state index is 12.3. The van der Waals surface area contributed by atoms with E-state index in [9.17, 15) is 9.59 Å². The standard InChI is InChI=1S/C19H21BrClN3O3/c1-24(12-13-11-15(21)5-8-17(13)27-2)18(25)9-10-22-19(26)23-16-6-3-14(20)4-7-16/h3-8,11H,9-10,12H2,1-2H3,(H2,22,23,26). The predicted molar refractivity (Wildman–Crippen MR) is 110 cm³/mol. The van der Waals surface area contributed by atoms with E-state index in [1.807, 2.05) is 12.1 Å². The number of anilines is 1. The first-order chi connectivity index (χ1) is 12.9. The number of hydrogen-bond donors (Lipinski definition) is 2. The van der Waals surface area contributed by atoms with Gasteiger partial charge in [-0.2, -0.15) is 0 Å². The van der Waals surface area contributed by atoms with E-state index in [-0.39, 0.29) is 24.9 Å². The van der Waals surface area contributed by atoms with Crippen LogP contribution in [0.5, 0.6) is 5.75 Å². The van der Waals surface area contributed by atoms with Crippen LogP contribution in [0.25, 0.3) is 0 Å². The molecular weight excluding hydrogens is 434 g/mol. The van der Waals surface area contributed by atoms with Gasteiger partial charge in [0.05, 0.1) is 7.11 Å². The summed E-state index contributed by atoms with van der Waals surface area (Å²) >= 11 is 9.35. The van der Waals surface area contributed by atoms with Gasteiger partial charge in [-0.3, -0.25) is 4.79 Å². The highest BCUT2D eigenvalue weighted by Gasteiger charge is 2.13. The Balaban J connectivity index is 1.78. The Morgan fingerprint density at radius 2 is 1.89 bits per heavy atom. The van der Waals surface area contributed by atoms with Gasteiger partial charge in [-0.05, 0) is 42.5 Å². The lowest BCUT2D eigenvalue weighted by Crippen LogP contribution is -2.34. The summed E-state index contributed by atoms with van der Waals surface area (Å²) < 4.78 is 6.22. The van der Waals surface area contributed by atoms with Gasteiger partial charge in [0.15, 0.2) is 0 Å². The molecule has 0 fully saturated rings. The lowest BCUT2D eigenvalue weighted by atomic mass is 10.2. The molecule has 2 N–H and O–H groups in total. The van der Waals surface area contributed by atoms with E-state index in [0.29, 0.717) is 23.0 Å². The highest BCUT2D eigenvalue weighted by atomic mass is 79.9. The van der Waals surface area contributed by atoms with Crippen molar-refractivity contribution in [1.29, 1.82) is 0 Å². The van der Waals surface area contributed by atoms with E-state index in [1.54, 1.807) is 49.4 Å². The molecule has 2 rings (SSSR count).